The summed E-state index contributed by atoms with van der Waals surface area (Å²) in [4.78, 5) is 0. The summed E-state index contributed by atoms with van der Waals surface area (Å²) >= 11 is 0. The van der Waals surface area contributed by atoms with Crippen molar-refractivity contribution in [1.82, 2.24) is 0 Å². The van der Waals surface area contributed by atoms with Crippen LogP contribution in [0.3, 0.4) is 0 Å². The summed E-state index contributed by atoms with van der Waals surface area (Å²) in [5.74, 6) is 0.803. The Morgan fingerprint density at radius 1 is 1.20 bits per heavy atom. The molecule has 0 heterocycles. The standard InChI is InChI=1S/C12H18O3/c1-10(14)11-4-6-12(7-5-11)15-9-3-2-8-13/h4-7,10,13-14H,2-3,8-9H2,1H3/t10-/m1/s1. The Morgan fingerprint density at radius 3 is 2.40 bits per heavy atom. The highest BCUT2D eigenvalue weighted by Gasteiger charge is 2.00. The first kappa shape index (κ1) is 12.0. The fourth-order valence-electron chi connectivity index (χ4n) is 1.25. The van der Waals surface area contributed by atoms with Crippen LogP contribution in [0.25, 0.3) is 0 Å². The molecule has 2 N–H and O–H groups in total. The quantitative estimate of drug-likeness (QED) is 0.705. The fourth-order valence-corrected chi connectivity index (χ4v) is 1.25. The van der Waals surface area contributed by atoms with Crippen molar-refractivity contribution in [2.75, 3.05) is 13.2 Å². The Morgan fingerprint density at radius 2 is 1.87 bits per heavy atom. The lowest BCUT2D eigenvalue weighted by Crippen LogP contribution is -1.99. The van der Waals surface area contributed by atoms with Crippen molar-refractivity contribution in [3.8, 4) is 5.75 Å². The molecule has 0 unspecified atom stereocenters. The summed E-state index contributed by atoms with van der Waals surface area (Å²) in [5, 5.41) is 17.9. The van der Waals surface area contributed by atoms with Crippen molar-refractivity contribution in [3.05, 3.63) is 29.8 Å². The van der Waals surface area contributed by atoms with Crippen molar-refractivity contribution < 1.29 is 14.9 Å². The third-order valence-corrected chi connectivity index (χ3v) is 2.18. The number of hydrogen-bond acceptors (Lipinski definition) is 3. The van der Waals surface area contributed by atoms with E-state index < -0.39 is 6.10 Å². The molecule has 0 saturated heterocycles. The van der Waals surface area contributed by atoms with Crippen LogP contribution in [0.2, 0.25) is 0 Å². The molecular weight excluding hydrogens is 192 g/mol. The topological polar surface area (TPSA) is 49.7 Å². The van der Waals surface area contributed by atoms with E-state index in [2.05, 4.69) is 0 Å². The van der Waals surface area contributed by atoms with E-state index >= 15 is 0 Å². The third-order valence-electron chi connectivity index (χ3n) is 2.18. The minimum absolute atomic E-state index is 0.213. The van der Waals surface area contributed by atoms with Gasteiger partial charge in [0, 0.05) is 6.61 Å². The number of unbranched alkanes of at least 4 members (excludes halogenated alkanes) is 1. The van der Waals surface area contributed by atoms with Crippen LogP contribution in [0.5, 0.6) is 5.75 Å². The molecule has 0 bridgehead atoms. The van der Waals surface area contributed by atoms with E-state index in [0.717, 1.165) is 24.2 Å². The fraction of sp³-hybridized carbons (Fsp3) is 0.500. The van der Waals surface area contributed by atoms with Gasteiger partial charge in [0.05, 0.1) is 12.7 Å². The van der Waals surface area contributed by atoms with Gasteiger partial charge in [-0.25, -0.2) is 0 Å². The molecule has 0 aliphatic heterocycles. The zero-order valence-electron chi connectivity index (χ0n) is 9.02. The largest absolute Gasteiger partial charge is 0.494 e. The Kier molecular flexibility index (Phi) is 5.15. The smallest absolute Gasteiger partial charge is 0.119 e. The van der Waals surface area contributed by atoms with E-state index in [-0.39, 0.29) is 6.61 Å². The lowest BCUT2D eigenvalue weighted by atomic mass is 10.1. The highest BCUT2D eigenvalue weighted by molar-refractivity contribution is 5.28. The molecule has 1 rings (SSSR count). The molecule has 0 aliphatic carbocycles. The van der Waals surface area contributed by atoms with Crippen molar-refractivity contribution in [3.63, 3.8) is 0 Å². The SMILES string of the molecule is C[C@@H](O)c1ccc(OCCCCO)cc1. The summed E-state index contributed by atoms with van der Waals surface area (Å²) in [6.45, 7) is 2.57. The maximum Gasteiger partial charge on any atom is 0.119 e. The van der Waals surface area contributed by atoms with Gasteiger partial charge in [0.15, 0.2) is 0 Å². The van der Waals surface area contributed by atoms with E-state index in [1.165, 1.54) is 0 Å². The molecule has 15 heavy (non-hydrogen) atoms. The van der Waals surface area contributed by atoms with Gasteiger partial charge in [-0.05, 0) is 37.5 Å². The van der Waals surface area contributed by atoms with Crippen molar-refractivity contribution in [2.45, 2.75) is 25.9 Å². The molecule has 0 aliphatic rings. The normalized spacial score (nSPS) is 12.5. The van der Waals surface area contributed by atoms with Gasteiger partial charge in [-0.2, -0.15) is 0 Å². The molecule has 3 heteroatoms. The molecule has 1 aromatic rings. The summed E-state index contributed by atoms with van der Waals surface area (Å²) < 4.78 is 5.45. The number of rotatable bonds is 6. The van der Waals surface area contributed by atoms with E-state index in [1.54, 1.807) is 6.92 Å². The highest BCUT2D eigenvalue weighted by atomic mass is 16.5. The number of hydrogen-bond donors (Lipinski definition) is 2. The van der Waals surface area contributed by atoms with Crippen LogP contribution in [-0.4, -0.2) is 23.4 Å². The lowest BCUT2D eigenvalue weighted by molar-refractivity contribution is 0.199. The lowest BCUT2D eigenvalue weighted by Gasteiger charge is -2.08. The summed E-state index contributed by atoms with van der Waals surface area (Å²) in [6, 6.07) is 7.40. The van der Waals surface area contributed by atoms with Gasteiger partial charge in [-0.3, -0.25) is 0 Å². The Hall–Kier alpha value is -1.06. The summed E-state index contributed by atoms with van der Waals surface area (Å²) in [5.41, 5.74) is 0.887. The van der Waals surface area contributed by atoms with Gasteiger partial charge < -0.3 is 14.9 Å². The van der Waals surface area contributed by atoms with Crippen molar-refractivity contribution in [2.24, 2.45) is 0 Å². The van der Waals surface area contributed by atoms with Gasteiger partial charge in [-0.15, -0.1) is 0 Å². The van der Waals surface area contributed by atoms with Gasteiger partial charge in [0.2, 0.25) is 0 Å². The molecular formula is C12H18O3. The van der Waals surface area contributed by atoms with Crippen molar-refractivity contribution in [1.29, 1.82) is 0 Å². The van der Waals surface area contributed by atoms with E-state index in [0.29, 0.717) is 6.61 Å². The average Bonchev–Trinajstić information content (AvgIpc) is 2.25. The Balaban J connectivity index is 2.36. The van der Waals surface area contributed by atoms with Gasteiger partial charge >= 0.3 is 0 Å². The second-order valence-corrected chi connectivity index (χ2v) is 3.52. The number of aliphatic hydroxyl groups excluding tert-OH is 2. The Labute approximate surface area is 90.3 Å². The molecule has 0 spiro atoms. The summed E-state index contributed by atoms with van der Waals surface area (Å²) in [6.07, 6.45) is 1.19. The van der Waals surface area contributed by atoms with E-state index in [9.17, 15) is 5.11 Å². The first-order valence-corrected chi connectivity index (χ1v) is 5.25. The molecule has 3 nitrogen and oxygen atoms in total. The van der Waals surface area contributed by atoms with Crippen LogP contribution in [0.1, 0.15) is 31.4 Å². The second-order valence-electron chi connectivity index (χ2n) is 3.52. The monoisotopic (exact) mass is 210 g/mol. The molecule has 0 amide bonds. The van der Waals surface area contributed by atoms with Crippen LogP contribution in [0, 0.1) is 0 Å². The molecule has 1 atom stereocenters. The zero-order valence-corrected chi connectivity index (χ0v) is 9.02. The number of ether oxygens (including phenoxy) is 1. The van der Waals surface area contributed by atoms with Gasteiger partial charge in [0.1, 0.15) is 5.75 Å². The highest BCUT2D eigenvalue weighted by Crippen LogP contribution is 2.17. The second kappa shape index (κ2) is 6.43. The molecule has 0 radical (unpaired) electrons. The first-order chi connectivity index (χ1) is 7.24. The molecule has 0 saturated carbocycles. The predicted octanol–water partition coefficient (Wildman–Crippen LogP) is 1.89. The van der Waals surface area contributed by atoms with Crippen LogP contribution >= 0.6 is 0 Å². The van der Waals surface area contributed by atoms with Crippen LogP contribution in [0.4, 0.5) is 0 Å². The Bertz CT molecular complexity index is 267. The summed E-state index contributed by atoms with van der Waals surface area (Å²) in [7, 11) is 0. The molecule has 1 aromatic carbocycles. The molecule has 0 aromatic heterocycles. The van der Waals surface area contributed by atoms with E-state index in [1.807, 2.05) is 24.3 Å². The minimum atomic E-state index is -0.437. The average molecular weight is 210 g/mol. The van der Waals surface area contributed by atoms with Gasteiger partial charge in [0.25, 0.3) is 0 Å². The van der Waals surface area contributed by atoms with Gasteiger partial charge in [-0.1, -0.05) is 12.1 Å². The zero-order chi connectivity index (χ0) is 11.1. The first-order valence-electron chi connectivity index (χ1n) is 5.25. The maximum absolute atomic E-state index is 9.29. The van der Waals surface area contributed by atoms with Crippen molar-refractivity contribution >= 4 is 0 Å². The number of benzene rings is 1. The van der Waals surface area contributed by atoms with E-state index in [4.69, 9.17) is 9.84 Å². The van der Waals surface area contributed by atoms with Crippen LogP contribution in [-0.2, 0) is 0 Å². The predicted molar refractivity (Wildman–Crippen MR) is 58.9 cm³/mol. The molecule has 84 valence electrons. The minimum Gasteiger partial charge on any atom is -0.494 e. The maximum atomic E-state index is 9.29. The molecule has 0 fully saturated rings. The van der Waals surface area contributed by atoms with Crippen LogP contribution < -0.4 is 4.74 Å². The third kappa shape index (κ3) is 4.32. The number of aliphatic hydroxyl groups is 2. The van der Waals surface area contributed by atoms with Crippen LogP contribution in [0.15, 0.2) is 24.3 Å².